The molecule has 1 aromatic heterocycles. The number of ether oxygens (including phenoxy) is 1. The maximum absolute atomic E-state index is 13.5. The normalized spacial score (nSPS) is 19.1. The van der Waals surface area contributed by atoms with E-state index in [1.54, 1.807) is 11.6 Å². The van der Waals surface area contributed by atoms with Gasteiger partial charge in [0.2, 0.25) is 0 Å². The smallest absolute Gasteiger partial charge is 0.341 e. The van der Waals surface area contributed by atoms with E-state index in [0.717, 1.165) is 6.07 Å². The summed E-state index contributed by atoms with van der Waals surface area (Å²) in [6.07, 6.45) is 1.72. The number of rotatable bonds is 3. The van der Waals surface area contributed by atoms with Gasteiger partial charge in [-0.25, -0.2) is 18.6 Å². The lowest BCUT2D eigenvalue weighted by atomic mass is 10.0. The summed E-state index contributed by atoms with van der Waals surface area (Å²) < 4.78 is 32.6. The molecule has 2 aliphatic rings. The van der Waals surface area contributed by atoms with Gasteiger partial charge in [0.05, 0.1) is 19.1 Å². The molecule has 4 rings (SSSR count). The monoisotopic (exact) mass is 389 g/mol. The first-order valence-electron chi connectivity index (χ1n) is 8.12. The summed E-state index contributed by atoms with van der Waals surface area (Å²) in [6, 6.07) is 4.24. The first-order valence-corrected chi connectivity index (χ1v) is 9.00. The largest absolute Gasteiger partial charge is 0.463 e. The number of nitrogens with zero attached hydrogens (tertiary/aromatic N) is 5. The van der Waals surface area contributed by atoms with Gasteiger partial charge in [0, 0.05) is 24.1 Å². The molecule has 7 nitrogen and oxygen atoms in total. The molecular formula is C17H13F2N5O2S. The van der Waals surface area contributed by atoms with E-state index in [1.807, 2.05) is 6.07 Å². The van der Waals surface area contributed by atoms with Crippen molar-refractivity contribution in [3.63, 3.8) is 0 Å². The highest BCUT2D eigenvalue weighted by atomic mass is 32.1. The molecule has 3 heterocycles. The molecule has 0 spiro atoms. The van der Waals surface area contributed by atoms with E-state index < -0.39 is 17.7 Å². The number of thiazole rings is 1. The molecule has 0 N–H and O–H groups in total. The number of urea groups is 1. The fraction of sp³-hybridized carbons (Fsp3) is 0.294. The Kier molecular flexibility index (Phi) is 4.45. The summed E-state index contributed by atoms with van der Waals surface area (Å²) in [6.45, 7) is 0.688. The molecule has 1 unspecified atom stereocenters. The van der Waals surface area contributed by atoms with E-state index in [9.17, 15) is 13.6 Å². The van der Waals surface area contributed by atoms with Gasteiger partial charge in [-0.1, -0.05) is 11.3 Å². The third-order valence-corrected chi connectivity index (χ3v) is 5.01. The Balaban J connectivity index is 1.38. The topological polar surface area (TPSA) is 81.8 Å². The quantitative estimate of drug-likeness (QED) is 0.808. The van der Waals surface area contributed by atoms with Crippen LogP contribution in [0, 0.1) is 23.0 Å². The number of carbonyl (C=O) groups is 1. The van der Waals surface area contributed by atoms with Gasteiger partial charge < -0.3 is 9.64 Å². The van der Waals surface area contributed by atoms with Crippen LogP contribution in [0.1, 0.15) is 23.7 Å². The highest BCUT2D eigenvalue weighted by Crippen LogP contribution is 2.31. The second kappa shape index (κ2) is 6.92. The number of halogens is 2. The fourth-order valence-corrected chi connectivity index (χ4v) is 3.62. The number of likely N-dealkylation sites (tertiary alicyclic amines) is 1. The van der Waals surface area contributed by atoms with Crippen LogP contribution in [0.4, 0.5) is 13.6 Å². The van der Waals surface area contributed by atoms with Crippen LogP contribution in [-0.2, 0) is 0 Å². The SMILES string of the molecule is N#Cc1csc(OC2CN(C(=O)N3N=CCC3c3cc(F)cc(F)c3)C2)n1. The van der Waals surface area contributed by atoms with Crippen LogP contribution in [-0.4, -0.2) is 46.3 Å². The average molecular weight is 389 g/mol. The van der Waals surface area contributed by atoms with Crippen molar-refractivity contribution in [2.75, 3.05) is 13.1 Å². The van der Waals surface area contributed by atoms with Crippen molar-refractivity contribution in [3.05, 3.63) is 46.5 Å². The van der Waals surface area contributed by atoms with Crippen molar-refractivity contribution in [2.24, 2.45) is 5.10 Å². The van der Waals surface area contributed by atoms with E-state index in [1.165, 1.54) is 33.4 Å². The zero-order chi connectivity index (χ0) is 19.0. The van der Waals surface area contributed by atoms with E-state index in [0.29, 0.717) is 36.0 Å². The Bertz CT molecular complexity index is 931. The lowest BCUT2D eigenvalue weighted by Crippen LogP contribution is -2.58. The molecule has 1 saturated heterocycles. The molecule has 0 saturated carbocycles. The Labute approximate surface area is 157 Å². The molecule has 0 radical (unpaired) electrons. The van der Waals surface area contributed by atoms with E-state index in [4.69, 9.17) is 10.00 Å². The number of hydrogen-bond donors (Lipinski definition) is 0. The van der Waals surface area contributed by atoms with Crippen LogP contribution < -0.4 is 4.74 Å². The van der Waals surface area contributed by atoms with Crippen LogP contribution >= 0.6 is 11.3 Å². The van der Waals surface area contributed by atoms with Crippen LogP contribution in [0.2, 0.25) is 0 Å². The second-order valence-electron chi connectivity index (χ2n) is 6.13. The predicted octanol–water partition coefficient (Wildman–Crippen LogP) is 2.91. The number of benzene rings is 1. The van der Waals surface area contributed by atoms with Gasteiger partial charge in [-0.15, -0.1) is 0 Å². The van der Waals surface area contributed by atoms with Crippen LogP contribution in [0.25, 0.3) is 0 Å². The van der Waals surface area contributed by atoms with Gasteiger partial charge in [0.25, 0.3) is 5.19 Å². The predicted molar refractivity (Wildman–Crippen MR) is 92.3 cm³/mol. The zero-order valence-corrected chi connectivity index (χ0v) is 14.7. The van der Waals surface area contributed by atoms with E-state index >= 15 is 0 Å². The first kappa shape index (κ1) is 17.4. The van der Waals surface area contributed by atoms with Crippen molar-refractivity contribution in [1.82, 2.24) is 14.9 Å². The van der Waals surface area contributed by atoms with Crippen molar-refractivity contribution >= 4 is 23.6 Å². The number of carbonyl (C=O) groups excluding carboxylic acids is 1. The van der Waals surface area contributed by atoms with Crippen molar-refractivity contribution in [1.29, 1.82) is 5.26 Å². The Hall–Kier alpha value is -3.06. The Morgan fingerprint density at radius 3 is 2.70 bits per heavy atom. The maximum atomic E-state index is 13.5. The number of amides is 2. The second-order valence-corrected chi connectivity index (χ2v) is 6.96. The Morgan fingerprint density at radius 1 is 1.30 bits per heavy atom. The van der Waals surface area contributed by atoms with Gasteiger partial charge in [-0.05, 0) is 17.7 Å². The van der Waals surface area contributed by atoms with Crippen LogP contribution in [0.15, 0.2) is 28.7 Å². The van der Waals surface area contributed by atoms with E-state index in [2.05, 4.69) is 10.1 Å². The molecule has 27 heavy (non-hydrogen) atoms. The summed E-state index contributed by atoms with van der Waals surface area (Å²) in [5, 5.41) is 16.0. The molecule has 10 heteroatoms. The molecule has 2 aromatic rings. The average Bonchev–Trinajstić information content (AvgIpc) is 3.25. The summed E-state index contributed by atoms with van der Waals surface area (Å²) in [5.41, 5.74) is 0.650. The molecule has 1 atom stereocenters. The minimum atomic E-state index is -0.693. The van der Waals surface area contributed by atoms with Crippen molar-refractivity contribution in [2.45, 2.75) is 18.6 Å². The molecule has 0 bridgehead atoms. The number of hydrazone groups is 1. The molecule has 0 aliphatic carbocycles. The molecule has 2 amide bonds. The summed E-state index contributed by atoms with van der Waals surface area (Å²) in [5.74, 6) is -1.39. The minimum absolute atomic E-state index is 0.219. The summed E-state index contributed by atoms with van der Waals surface area (Å²) in [4.78, 5) is 18.2. The zero-order valence-electron chi connectivity index (χ0n) is 13.9. The van der Waals surface area contributed by atoms with Crippen molar-refractivity contribution < 1.29 is 18.3 Å². The number of nitriles is 1. The maximum Gasteiger partial charge on any atom is 0.341 e. The summed E-state index contributed by atoms with van der Waals surface area (Å²) >= 11 is 1.22. The molecule has 1 fully saturated rings. The fourth-order valence-electron chi connectivity index (χ4n) is 2.96. The molecule has 2 aliphatic heterocycles. The number of aromatic nitrogens is 1. The van der Waals surface area contributed by atoms with Gasteiger partial charge in [0.15, 0.2) is 5.69 Å². The first-order chi connectivity index (χ1) is 13.0. The van der Waals surface area contributed by atoms with Gasteiger partial charge >= 0.3 is 6.03 Å². The minimum Gasteiger partial charge on any atom is -0.463 e. The lowest BCUT2D eigenvalue weighted by Gasteiger charge is -2.40. The third-order valence-electron chi connectivity index (χ3n) is 4.28. The number of hydrogen-bond acceptors (Lipinski definition) is 6. The Morgan fingerprint density at radius 2 is 2.04 bits per heavy atom. The van der Waals surface area contributed by atoms with Crippen LogP contribution in [0.5, 0.6) is 5.19 Å². The van der Waals surface area contributed by atoms with Crippen molar-refractivity contribution in [3.8, 4) is 11.3 Å². The highest BCUT2D eigenvalue weighted by molar-refractivity contribution is 7.11. The van der Waals surface area contributed by atoms with E-state index in [-0.39, 0.29) is 12.1 Å². The van der Waals surface area contributed by atoms with Gasteiger partial charge in [-0.2, -0.15) is 15.3 Å². The van der Waals surface area contributed by atoms with Crippen LogP contribution in [0.3, 0.4) is 0 Å². The molecule has 1 aromatic carbocycles. The highest BCUT2D eigenvalue weighted by Gasteiger charge is 2.39. The van der Waals surface area contributed by atoms with Gasteiger partial charge in [0.1, 0.15) is 23.8 Å². The molecular weight excluding hydrogens is 376 g/mol. The third kappa shape index (κ3) is 3.46. The molecule has 138 valence electrons. The standard InChI is InChI=1S/C17H13F2N5O2S/c18-11-3-10(4-12(19)5-11)15-1-2-21-24(15)17(25)23-7-14(8-23)26-16-22-13(6-20)9-27-16/h2-5,9,14-15H,1,7-8H2. The summed E-state index contributed by atoms with van der Waals surface area (Å²) in [7, 11) is 0. The van der Waals surface area contributed by atoms with Gasteiger partial charge in [-0.3, -0.25) is 0 Å². The lowest BCUT2D eigenvalue weighted by molar-refractivity contribution is 0.0275.